The van der Waals surface area contributed by atoms with E-state index in [-0.39, 0.29) is 40.9 Å². The van der Waals surface area contributed by atoms with E-state index < -0.39 is 17.9 Å². The molecule has 0 spiro atoms. The molecule has 0 saturated carbocycles. The van der Waals surface area contributed by atoms with Gasteiger partial charge in [0, 0.05) is 5.92 Å². The molecule has 0 aliphatic carbocycles. The zero-order valence-corrected chi connectivity index (χ0v) is 15.8. The number of hydrogen-bond donors (Lipinski definition) is 3. The third-order valence-corrected chi connectivity index (χ3v) is 4.45. The van der Waals surface area contributed by atoms with Crippen molar-refractivity contribution < 1.29 is 34.4 Å². The van der Waals surface area contributed by atoms with Crippen molar-refractivity contribution in [3.63, 3.8) is 0 Å². The predicted molar refractivity (Wildman–Crippen MR) is 101 cm³/mol. The molecule has 0 saturated heterocycles. The zero-order valence-electron chi connectivity index (χ0n) is 15.8. The topological polar surface area (TPSA) is 121 Å². The normalized spacial score (nSPS) is 11.9. The molecule has 1 unspecified atom stereocenters. The Labute approximate surface area is 162 Å². The van der Waals surface area contributed by atoms with Crippen LogP contribution in [0.4, 0.5) is 0 Å². The van der Waals surface area contributed by atoms with Crippen LogP contribution in [0, 0.1) is 0 Å². The lowest BCUT2D eigenvalue weighted by Gasteiger charge is -2.15. The van der Waals surface area contributed by atoms with Crippen molar-refractivity contribution >= 4 is 17.9 Å². The van der Waals surface area contributed by atoms with E-state index in [1.165, 1.54) is 30.3 Å². The fraction of sp³-hybridized carbons (Fsp3) is 0.286. The zero-order chi connectivity index (χ0) is 21.0. The van der Waals surface area contributed by atoms with Crippen LogP contribution in [0.1, 0.15) is 74.8 Å². The Hall–Kier alpha value is -3.35. The molecule has 0 bridgehead atoms. The van der Waals surface area contributed by atoms with Gasteiger partial charge in [0.2, 0.25) is 0 Å². The summed E-state index contributed by atoms with van der Waals surface area (Å²) in [6.45, 7) is 5.59. The minimum absolute atomic E-state index is 0.0454. The molecule has 3 N–H and O–H groups in total. The molecule has 2 rings (SSSR count). The Morgan fingerprint density at radius 1 is 0.857 bits per heavy atom. The molecule has 7 heteroatoms. The molecule has 0 aromatic heterocycles. The lowest BCUT2D eigenvalue weighted by atomic mass is 9.96. The standard InChI is InChI=1S/C21H22O7/c1-11(2)13-4-7-16(18(22)9-13)21(27)28-10-12(3)14-5-6-15(19(23)24)17(8-14)20(25)26/h4-9,11-12,22H,10H2,1-3H3,(H,23,24)(H,25,26). The van der Waals surface area contributed by atoms with Gasteiger partial charge in [-0.25, -0.2) is 14.4 Å². The van der Waals surface area contributed by atoms with E-state index in [0.717, 1.165) is 5.56 Å². The van der Waals surface area contributed by atoms with Crippen LogP contribution >= 0.6 is 0 Å². The van der Waals surface area contributed by atoms with Crippen LogP contribution in [0.25, 0.3) is 0 Å². The van der Waals surface area contributed by atoms with Gasteiger partial charge in [-0.15, -0.1) is 0 Å². The van der Waals surface area contributed by atoms with Gasteiger partial charge in [-0.2, -0.15) is 0 Å². The number of aromatic carboxylic acids is 2. The maximum atomic E-state index is 12.2. The number of carboxylic acids is 2. The van der Waals surface area contributed by atoms with Crippen molar-refractivity contribution in [3.8, 4) is 5.75 Å². The molecule has 0 aliphatic heterocycles. The molecule has 0 amide bonds. The summed E-state index contributed by atoms with van der Waals surface area (Å²) in [6, 6.07) is 8.74. The Morgan fingerprint density at radius 2 is 1.43 bits per heavy atom. The summed E-state index contributed by atoms with van der Waals surface area (Å²) in [6.07, 6.45) is 0. The van der Waals surface area contributed by atoms with Crippen LogP contribution in [0.2, 0.25) is 0 Å². The molecular weight excluding hydrogens is 364 g/mol. The van der Waals surface area contributed by atoms with Gasteiger partial charge in [-0.1, -0.05) is 32.9 Å². The molecular formula is C21H22O7. The number of carbonyl (C=O) groups excluding carboxylic acids is 1. The van der Waals surface area contributed by atoms with Crippen molar-refractivity contribution in [2.75, 3.05) is 6.61 Å². The van der Waals surface area contributed by atoms with Gasteiger partial charge in [0.1, 0.15) is 11.3 Å². The van der Waals surface area contributed by atoms with Crippen LogP contribution in [0.5, 0.6) is 5.75 Å². The van der Waals surface area contributed by atoms with Crippen molar-refractivity contribution in [2.24, 2.45) is 0 Å². The van der Waals surface area contributed by atoms with Gasteiger partial charge in [0.15, 0.2) is 0 Å². The molecule has 2 aromatic carbocycles. The summed E-state index contributed by atoms with van der Waals surface area (Å²) < 4.78 is 5.24. The molecule has 1 atom stereocenters. The highest BCUT2D eigenvalue weighted by molar-refractivity contribution is 6.01. The van der Waals surface area contributed by atoms with Crippen LogP contribution in [0.15, 0.2) is 36.4 Å². The van der Waals surface area contributed by atoms with Gasteiger partial charge < -0.3 is 20.1 Å². The van der Waals surface area contributed by atoms with E-state index in [0.29, 0.717) is 5.56 Å². The number of hydrogen-bond acceptors (Lipinski definition) is 5. The maximum absolute atomic E-state index is 12.2. The number of esters is 1. The molecule has 2 aromatic rings. The average Bonchev–Trinajstić information content (AvgIpc) is 2.64. The number of rotatable bonds is 7. The summed E-state index contributed by atoms with van der Waals surface area (Å²) in [7, 11) is 0. The number of ether oxygens (including phenoxy) is 1. The van der Waals surface area contributed by atoms with Crippen LogP contribution < -0.4 is 0 Å². The van der Waals surface area contributed by atoms with Gasteiger partial charge in [-0.3, -0.25) is 0 Å². The summed E-state index contributed by atoms with van der Waals surface area (Å²) >= 11 is 0. The SMILES string of the molecule is CC(C)c1ccc(C(=O)OCC(C)c2ccc(C(=O)O)c(C(=O)O)c2)c(O)c1. The first-order chi connectivity index (χ1) is 13.1. The summed E-state index contributed by atoms with van der Waals surface area (Å²) in [4.78, 5) is 34.7. The van der Waals surface area contributed by atoms with E-state index in [1.54, 1.807) is 13.0 Å². The van der Waals surface area contributed by atoms with E-state index in [2.05, 4.69) is 0 Å². The van der Waals surface area contributed by atoms with E-state index >= 15 is 0 Å². The quantitative estimate of drug-likeness (QED) is 0.618. The molecule has 0 radical (unpaired) electrons. The van der Waals surface area contributed by atoms with Crippen LogP contribution in [-0.4, -0.2) is 39.8 Å². The fourth-order valence-electron chi connectivity index (χ4n) is 2.69. The lowest BCUT2D eigenvalue weighted by molar-refractivity contribution is 0.0481. The second-order valence-corrected chi connectivity index (χ2v) is 6.85. The predicted octanol–water partition coefficient (Wildman–Crippen LogP) is 3.87. The first-order valence-electron chi connectivity index (χ1n) is 8.72. The van der Waals surface area contributed by atoms with Gasteiger partial charge in [-0.05, 0) is 41.3 Å². The second kappa shape index (κ2) is 8.56. The highest BCUT2D eigenvalue weighted by Gasteiger charge is 2.20. The fourth-order valence-corrected chi connectivity index (χ4v) is 2.69. The molecule has 0 fully saturated rings. The summed E-state index contributed by atoms with van der Waals surface area (Å²) in [5.74, 6) is -3.71. The maximum Gasteiger partial charge on any atom is 0.341 e. The number of benzene rings is 2. The highest BCUT2D eigenvalue weighted by atomic mass is 16.5. The Balaban J connectivity index is 2.12. The van der Waals surface area contributed by atoms with E-state index in [4.69, 9.17) is 9.84 Å². The molecule has 0 aliphatic rings. The second-order valence-electron chi connectivity index (χ2n) is 6.85. The third kappa shape index (κ3) is 4.68. The van der Waals surface area contributed by atoms with Gasteiger partial charge >= 0.3 is 17.9 Å². The summed E-state index contributed by atoms with van der Waals surface area (Å²) in [5, 5.41) is 28.3. The molecule has 28 heavy (non-hydrogen) atoms. The van der Waals surface area contributed by atoms with E-state index in [1.807, 2.05) is 13.8 Å². The van der Waals surface area contributed by atoms with Gasteiger partial charge in [0.25, 0.3) is 0 Å². The number of phenolic OH excluding ortho intramolecular Hbond substituents is 1. The number of aromatic hydroxyl groups is 1. The van der Waals surface area contributed by atoms with E-state index in [9.17, 15) is 24.6 Å². The van der Waals surface area contributed by atoms with Crippen LogP contribution in [0.3, 0.4) is 0 Å². The average molecular weight is 386 g/mol. The minimum Gasteiger partial charge on any atom is -0.507 e. The van der Waals surface area contributed by atoms with Crippen LogP contribution in [-0.2, 0) is 4.74 Å². The monoisotopic (exact) mass is 386 g/mol. The van der Waals surface area contributed by atoms with Crippen molar-refractivity contribution in [1.29, 1.82) is 0 Å². The smallest absolute Gasteiger partial charge is 0.341 e. The van der Waals surface area contributed by atoms with Crippen molar-refractivity contribution in [2.45, 2.75) is 32.6 Å². The van der Waals surface area contributed by atoms with Gasteiger partial charge in [0.05, 0.1) is 17.7 Å². The molecule has 7 nitrogen and oxygen atoms in total. The molecule has 0 heterocycles. The Kier molecular flexibility index (Phi) is 6.41. The number of carbonyl (C=O) groups is 3. The third-order valence-electron chi connectivity index (χ3n) is 4.45. The molecule has 148 valence electrons. The Morgan fingerprint density at radius 3 is 1.96 bits per heavy atom. The lowest BCUT2D eigenvalue weighted by Crippen LogP contribution is -2.13. The van der Waals surface area contributed by atoms with Crippen molar-refractivity contribution in [1.82, 2.24) is 0 Å². The number of carboxylic acid groups (broad SMARTS) is 2. The Bertz CT molecular complexity index is 915. The highest BCUT2D eigenvalue weighted by Crippen LogP contribution is 2.25. The van der Waals surface area contributed by atoms with Crippen molar-refractivity contribution in [3.05, 3.63) is 64.2 Å². The first kappa shape index (κ1) is 21.0. The number of phenols is 1. The minimum atomic E-state index is -1.35. The largest absolute Gasteiger partial charge is 0.507 e. The first-order valence-corrected chi connectivity index (χ1v) is 8.72. The summed E-state index contributed by atoms with van der Waals surface area (Å²) in [5.41, 5.74) is 0.821.